The molecule has 2 aliphatic heterocycles. The summed E-state index contributed by atoms with van der Waals surface area (Å²) >= 11 is 0. The Morgan fingerprint density at radius 1 is 1.31 bits per heavy atom. The molecule has 2 aromatic rings. The number of nitrogens with one attached hydrogen (secondary N) is 3. The van der Waals surface area contributed by atoms with E-state index in [0.29, 0.717) is 11.8 Å². The quantitative estimate of drug-likeness (QED) is 0.349. The van der Waals surface area contributed by atoms with E-state index in [1.807, 2.05) is 18.3 Å². The van der Waals surface area contributed by atoms with E-state index in [1.54, 1.807) is 6.20 Å². The number of hydrogen-bond acceptors (Lipinski definition) is 7. The minimum absolute atomic E-state index is 0.199. The summed E-state index contributed by atoms with van der Waals surface area (Å²) in [5, 5.41) is 24.8. The van der Waals surface area contributed by atoms with Crippen LogP contribution in [0.1, 0.15) is 55.5 Å². The van der Waals surface area contributed by atoms with Gasteiger partial charge < -0.3 is 15.4 Å². The van der Waals surface area contributed by atoms with E-state index in [9.17, 15) is 5.41 Å². The number of aryl methyl sites for hydroxylation is 1. The number of fused-ring (bicyclic) bond motifs is 1. The molecule has 186 valence electrons. The van der Waals surface area contributed by atoms with Crippen LogP contribution in [0.5, 0.6) is 0 Å². The number of likely N-dealkylation sites (N-methyl/N-ethyl adjacent to an activating group) is 1. The van der Waals surface area contributed by atoms with Crippen molar-refractivity contribution < 1.29 is 4.74 Å². The van der Waals surface area contributed by atoms with Gasteiger partial charge in [0.05, 0.1) is 17.3 Å². The Hall–Kier alpha value is -3.19. The molecule has 0 radical (unpaired) electrons. The lowest BCUT2D eigenvalue weighted by atomic mass is 9.91. The maximum absolute atomic E-state index is 9.32. The van der Waals surface area contributed by atoms with Crippen molar-refractivity contribution in [2.75, 3.05) is 33.4 Å². The summed E-state index contributed by atoms with van der Waals surface area (Å²) < 4.78 is 5.56. The lowest BCUT2D eigenvalue weighted by molar-refractivity contribution is 0.0801. The van der Waals surface area contributed by atoms with Crippen LogP contribution in [0, 0.1) is 12.3 Å². The Bertz CT molecular complexity index is 1130. The highest BCUT2D eigenvalue weighted by Crippen LogP contribution is 2.29. The number of ether oxygens (including phenoxy) is 1. The van der Waals surface area contributed by atoms with Crippen molar-refractivity contribution in [3.8, 4) is 0 Å². The third-order valence-corrected chi connectivity index (χ3v) is 6.90. The maximum Gasteiger partial charge on any atom is 0.0668 e. The molecule has 1 unspecified atom stereocenters. The van der Waals surface area contributed by atoms with Crippen LogP contribution in [0.4, 0.5) is 0 Å². The number of benzene rings is 1. The molecule has 3 N–H and O–H groups in total. The lowest BCUT2D eigenvalue weighted by Crippen LogP contribution is -2.36. The maximum atomic E-state index is 9.32. The second-order valence-electron chi connectivity index (χ2n) is 9.37. The number of pyridine rings is 1. The normalized spacial score (nSPS) is 19.1. The number of rotatable bonds is 10. The molecule has 0 spiro atoms. The first-order chi connectivity index (χ1) is 17.0. The molecule has 1 aromatic carbocycles. The summed E-state index contributed by atoms with van der Waals surface area (Å²) in [5.74, 6) is 0.199. The first-order valence-electron chi connectivity index (χ1n) is 12.7. The second-order valence-corrected chi connectivity index (χ2v) is 9.37. The molecule has 1 fully saturated rings. The van der Waals surface area contributed by atoms with Crippen LogP contribution in [0.25, 0.3) is 10.8 Å². The number of nitrogens with zero attached hydrogens (tertiary/aromatic N) is 3. The molecule has 1 aromatic heterocycles. The van der Waals surface area contributed by atoms with Crippen molar-refractivity contribution in [2.45, 2.75) is 51.5 Å². The molecule has 1 atom stereocenters. The Morgan fingerprint density at radius 2 is 2.11 bits per heavy atom. The van der Waals surface area contributed by atoms with Gasteiger partial charge >= 0.3 is 0 Å². The van der Waals surface area contributed by atoms with Crippen molar-refractivity contribution in [1.82, 2.24) is 20.6 Å². The van der Waals surface area contributed by atoms with Gasteiger partial charge in [-0.1, -0.05) is 31.7 Å². The Kier molecular flexibility index (Phi) is 8.18. The first-order valence-corrected chi connectivity index (χ1v) is 12.7. The molecule has 7 heteroatoms. The van der Waals surface area contributed by atoms with Crippen LogP contribution in [0.15, 0.2) is 53.4 Å². The molecule has 35 heavy (non-hydrogen) atoms. The zero-order valence-corrected chi connectivity index (χ0v) is 21.2. The van der Waals surface area contributed by atoms with Crippen molar-refractivity contribution in [3.05, 3.63) is 65.3 Å². The van der Waals surface area contributed by atoms with E-state index >= 15 is 0 Å². The average molecular weight is 475 g/mol. The van der Waals surface area contributed by atoms with E-state index in [1.165, 1.54) is 0 Å². The molecule has 0 amide bonds. The van der Waals surface area contributed by atoms with Gasteiger partial charge in [0.1, 0.15) is 0 Å². The van der Waals surface area contributed by atoms with E-state index in [4.69, 9.17) is 9.72 Å². The average Bonchev–Trinajstić information content (AvgIpc) is 3.31. The Labute approximate surface area is 208 Å². The van der Waals surface area contributed by atoms with E-state index < -0.39 is 0 Å². The van der Waals surface area contributed by atoms with Gasteiger partial charge in [-0.15, -0.1) is 0 Å². The van der Waals surface area contributed by atoms with Gasteiger partial charge in [0.25, 0.3) is 0 Å². The van der Waals surface area contributed by atoms with Gasteiger partial charge in [0.2, 0.25) is 0 Å². The van der Waals surface area contributed by atoms with Crippen LogP contribution in [0.3, 0.4) is 0 Å². The molecule has 3 heterocycles. The molecule has 1 saturated heterocycles. The summed E-state index contributed by atoms with van der Waals surface area (Å²) in [6.07, 6.45) is 7.28. The largest absolute Gasteiger partial charge is 0.391 e. The highest BCUT2D eigenvalue weighted by molar-refractivity contribution is 6.18. The van der Waals surface area contributed by atoms with Crippen LogP contribution in [-0.2, 0) is 4.74 Å². The van der Waals surface area contributed by atoms with Crippen molar-refractivity contribution >= 4 is 22.7 Å². The predicted octanol–water partition coefficient (Wildman–Crippen LogP) is 4.48. The lowest BCUT2D eigenvalue weighted by Gasteiger charge is -2.28. The summed E-state index contributed by atoms with van der Waals surface area (Å²) in [7, 11) is 1.99. The van der Waals surface area contributed by atoms with Crippen molar-refractivity contribution in [3.63, 3.8) is 0 Å². The number of hydrazone groups is 1. The summed E-state index contributed by atoms with van der Waals surface area (Å²) in [6.45, 7) is 11.2. The zero-order valence-electron chi connectivity index (χ0n) is 21.2. The van der Waals surface area contributed by atoms with Gasteiger partial charge in [0, 0.05) is 74.4 Å². The first kappa shape index (κ1) is 24.9. The SMILES string of the molecule is C=CNCC/C(NC1CCOCC1)=C(\CC)C(=N)c1cccc2cc(C3C=NN(C)C3)nc(C)c12. The highest BCUT2D eigenvalue weighted by Gasteiger charge is 2.22. The topological polar surface area (TPSA) is 85.6 Å². The van der Waals surface area contributed by atoms with Gasteiger partial charge in [-0.3, -0.25) is 15.4 Å². The second kappa shape index (κ2) is 11.5. The fraction of sp³-hybridized carbons (Fsp3) is 0.464. The third kappa shape index (κ3) is 5.73. The van der Waals surface area contributed by atoms with Crippen molar-refractivity contribution in [2.24, 2.45) is 5.10 Å². The predicted molar refractivity (Wildman–Crippen MR) is 144 cm³/mol. The summed E-state index contributed by atoms with van der Waals surface area (Å²) in [4.78, 5) is 4.96. The summed E-state index contributed by atoms with van der Waals surface area (Å²) in [5.41, 5.74) is 5.71. The molecule has 7 nitrogen and oxygen atoms in total. The fourth-order valence-electron chi connectivity index (χ4n) is 5.08. The molecule has 0 saturated carbocycles. The highest BCUT2D eigenvalue weighted by atomic mass is 16.5. The van der Waals surface area contributed by atoms with Crippen LogP contribution >= 0.6 is 0 Å². The number of allylic oxidation sites excluding steroid dienone is 1. The van der Waals surface area contributed by atoms with E-state index in [-0.39, 0.29) is 5.92 Å². The minimum atomic E-state index is 0.199. The van der Waals surface area contributed by atoms with Crippen molar-refractivity contribution in [1.29, 1.82) is 5.41 Å². The van der Waals surface area contributed by atoms with Gasteiger partial charge in [-0.05, 0) is 49.4 Å². The number of hydrogen-bond donors (Lipinski definition) is 3. The molecular weight excluding hydrogens is 436 g/mol. The van der Waals surface area contributed by atoms with Gasteiger partial charge in [-0.2, -0.15) is 5.10 Å². The van der Waals surface area contributed by atoms with Crippen LogP contribution < -0.4 is 10.6 Å². The standard InChI is InChI=1S/C28H38N6O/c1-5-23(25(10-13-30-6-2)33-22-11-14-35-15-12-22)28(29)24-9-7-8-20-16-26(32-19(3)27(20)24)21-17-31-34(4)18-21/h6-9,16-17,21-22,29-30,33H,2,5,10-15,18H2,1,3-4H3/b25-23-,29-28?. The molecule has 2 aliphatic rings. The zero-order chi connectivity index (χ0) is 24.8. The fourth-order valence-corrected chi connectivity index (χ4v) is 5.08. The summed E-state index contributed by atoms with van der Waals surface area (Å²) in [6, 6.07) is 8.79. The van der Waals surface area contributed by atoms with E-state index in [2.05, 4.69) is 60.4 Å². The molecule has 4 rings (SSSR count). The molecular formula is C28H38N6O. The van der Waals surface area contributed by atoms with E-state index in [0.717, 1.165) is 91.0 Å². The molecule has 0 bridgehead atoms. The third-order valence-electron chi connectivity index (χ3n) is 6.90. The van der Waals surface area contributed by atoms with Crippen LogP contribution in [0.2, 0.25) is 0 Å². The minimum Gasteiger partial charge on any atom is -0.391 e. The Morgan fingerprint density at radius 3 is 2.80 bits per heavy atom. The monoisotopic (exact) mass is 474 g/mol. The molecule has 0 aliphatic carbocycles. The Balaban J connectivity index is 1.71. The van der Waals surface area contributed by atoms with Gasteiger partial charge in [0.15, 0.2) is 0 Å². The number of aromatic nitrogens is 1. The van der Waals surface area contributed by atoms with Crippen LogP contribution in [-0.4, -0.2) is 61.3 Å². The smallest absolute Gasteiger partial charge is 0.0668 e. The van der Waals surface area contributed by atoms with Gasteiger partial charge in [-0.25, -0.2) is 0 Å².